The van der Waals surface area contributed by atoms with Gasteiger partial charge in [-0.1, -0.05) is 49.6 Å². The van der Waals surface area contributed by atoms with Crippen LogP contribution in [0, 0.1) is 0 Å². The SMILES string of the molecule is O=C(NCCc1ccccc1)NCc1nnnn1C1CCCCC1. The smallest absolute Gasteiger partial charge is 0.315 e. The second-order valence-electron chi connectivity index (χ2n) is 6.18. The Kier molecular flexibility index (Phi) is 5.76. The van der Waals surface area contributed by atoms with Crippen molar-refractivity contribution in [2.24, 2.45) is 0 Å². The first-order chi connectivity index (χ1) is 11.8. The number of aromatic nitrogens is 4. The van der Waals surface area contributed by atoms with Crippen LogP contribution in [0.15, 0.2) is 30.3 Å². The van der Waals surface area contributed by atoms with E-state index in [1.54, 1.807) is 0 Å². The van der Waals surface area contributed by atoms with Crippen molar-refractivity contribution in [3.8, 4) is 0 Å². The minimum atomic E-state index is -0.191. The first-order valence-electron chi connectivity index (χ1n) is 8.65. The van der Waals surface area contributed by atoms with Crippen LogP contribution in [0.4, 0.5) is 4.79 Å². The molecule has 0 bridgehead atoms. The van der Waals surface area contributed by atoms with Gasteiger partial charge < -0.3 is 10.6 Å². The van der Waals surface area contributed by atoms with Gasteiger partial charge in [0.1, 0.15) is 0 Å². The van der Waals surface area contributed by atoms with Crippen LogP contribution in [0.25, 0.3) is 0 Å². The number of nitrogens with zero attached hydrogens (tertiary/aromatic N) is 4. The molecule has 1 aromatic carbocycles. The molecule has 3 rings (SSSR count). The molecule has 7 nitrogen and oxygen atoms in total. The molecule has 1 fully saturated rings. The number of tetrazole rings is 1. The Bertz CT molecular complexity index is 636. The van der Waals surface area contributed by atoms with Gasteiger partial charge in [-0.15, -0.1) is 5.10 Å². The number of carbonyl (C=O) groups excluding carboxylic acids is 1. The number of hydrogen-bond acceptors (Lipinski definition) is 4. The van der Waals surface area contributed by atoms with Gasteiger partial charge in [0.25, 0.3) is 0 Å². The predicted octanol–water partition coefficient (Wildman–Crippen LogP) is 2.22. The molecule has 2 amide bonds. The number of benzene rings is 1. The van der Waals surface area contributed by atoms with Gasteiger partial charge in [-0.05, 0) is 35.3 Å². The maximum Gasteiger partial charge on any atom is 0.315 e. The van der Waals surface area contributed by atoms with Crippen molar-refractivity contribution in [1.82, 2.24) is 30.8 Å². The van der Waals surface area contributed by atoms with Crippen LogP contribution in [0.1, 0.15) is 49.5 Å². The van der Waals surface area contributed by atoms with Gasteiger partial charge in [-0.2, -0.15) is 0 Å². The summed E-state index contributed by atoms with van der Waals surface area (Å²) in [5.74, 6) is 0.722. The molecule has 0 aliphatic heterocycles. The highest BCUT2D eigenvalue weighted by Crippen LogP contribution is 2.27. The summed E-state index contributed by atoms with van der Waals surface area (Å²) in [4.78, 5) is 11.9. The molecule has 128 valence electrons. The summed E-state index contributed by atoms with van der Waals surface area (Å²) in [6, 6.07) is 10.3. The maximum atomic E-state index is 11.9. The lowest BCUT2D eigenvalue weighted by atomic mass is 9.96. The van der Waals surface area contributed by atoms with Crippen molar-refractivity contribution >= 4 is 6.03 Å². The van der Waals surface area contributed by atoms with Crippen LogP contribution in [-0.4, -0.2) is 32.8 Å². The topological polar surface area (TPSA) is 84.7 Å². The lowest BCUT2D eigenvalue weighted by Gasteiger charge is -2.22. The second-order valence-corrected chi connectivity index (χ2v) is 6.18. The molecule has 1 aromatic heterocycles. The van der Waals surface area contributed by atoms with E-state index in [4.69, 9.17) is 0 Å². The molecule has 0 radical (unpaired) electrons. The fourth-order valence-electron chi connectivity index (χ4n) is 3.12. The summed E-state index contributed by atoms with van der Waals surface area (Å²) >= 11 is 0. The van der Waals surface area contributed by atoms with Crippen molar-refractivity contribution in [2.75, 3.05) is 6.54 Å². The van der Waals surface area contributed by atoms with Crippen LogP contribution < -0.4 is 10.6 Å². The van der Waals surface area contributed by atoms with Crippen LogP contribution in [0.2, 0.25) is 0 Å². The van der Waals surface area contributed by atoms with Crippen molar-refractivity contribution < 1.29 is 4.79 Å². The van der Waals surface area contributed by atoms with Gasteiger partial charge in [0.05, 0.1) is 12.6 Å². The third-order valence-corrected chi connectivity index (χ3v) is 4.43. The predicted molar refractivity (Wildman–Crippen MR) is 90.3 cm³/mol. The molecule has 2 N–H and O–H groups in total. The molecular weight excluding hydrogens is 304 g/mol. The molecule has 24 heavy (non-hydrogen) atoms. The normalized spacial score (nSPS) is 15.2. The van der Waals surface area contributed by atoms with E-state index in [1.165, 1.54) is 24.8 Å². The number of rotatable bonds is 6. The van der Waals surface area contributed by atoms with Gasteiger partial charge in [0.15, 0.2) is 5.82 Å². The monoisotopic (exact) mass is 328 g/mol. The van der Waals surface area contributed by atoms with Crippen molar-refractivity contribution in [2.45, 2.75) is 51.1 Å². The Balaban J connectivity index is 1.42. The van der Waals surface area contributed by atoms with Crippen LogP contribution in [0.3, 0.4) is 0 Å². The highest BCUT2D eigenvalue weighted by atomic mass is 16.2. The average molecular weight is 328 g/mol. The summed E-state index contributed by atoms with van der Waals surface area (Å²) in [6.45, 7) is 0.948. The Morgan fingerprint density at radius 3 is 2.71 bits per heavy atom. The lowest BCUT2D eigenvalue weighted by Crippen LogP contribution is -2.37. The van der Waals surface area contributed by atoms with Gasteiger partial charge in [-0.3, -0.25) is 0 Å². The van der Waals surface area contributed by atoms with Crippen LogP contribution in [0.5, 0.6) is 0 Å². The van der Waals surface area contributed by atoms with Gasteiger partial charge in [0.2, 0.25) is 0 Å². The summed E-state index contributed by atoms with van der Waals surface area (Å²) < 4.78 is 1.88. The third-order valence-electron chi connectivity index (χ3n) is 4.43. The summed E-state index contributed by atoms with van der Waals surface area (Å²) in [7, 11) is 0. The van der Waals surface area contributed by atoms with E-state index in [2.05, 4.69) is 38.3 Å². The highest BCUT2D eigenvalue weighted by Gasteiger charge is 2.20. The van der Waals surface area contributed by atoms with Crippen molar-refractivity contribution in [3.63, 3.8) is 0 Å². The van der Waals surface area contributed by atoms with E-state index in [1.807, 2.05) is 22.9 Å². The van der Waals surface area contributed by atoms with Gasteiger partial charge in [0, 0.05) is 6.54 Å². The van der Waals surface area contributed by atoms with Crippen LogP contribution in [-0.2, 0) is 13.0 Å². The largest absolute Gasteiger partial charge is 0.338 e. The molecular formula is C17H24N6O. The standard InChI is InChI=1S/C17H24N6O/c24-17(18-12-11-14-7-3-1-4-8-14)19-13-16-20-21-22-23(16)15-9-5-2-6-10-15/h1,3-4,7-8,15H,2,5-6,9-13H2,(H2,18,19,24). The maximum absolute atomic E-state index is 11.9. The summed E-state index contributed by atoms with van der Waals surface area (Å²) in [5.41, 5.74) is 1.21. The first kappa shape index (κ1) is 16.4. The molecule has 0 atom stereocenters. The fraction of sp³-hybridized carbons (Fsp3) is 0.529. The fourth-order valence-corrected chi connectivity index (χ4v) is 3.12. The Morgan fingerprint density at radius 1 is 1.12 bits per heavy atom. The highest BCUT2D eigenvalue weighted by molar-refractivity contribution is 5.73. The van der Waals surface area contributed by atoms with Crippen molar-refractivity contribution in [3.05, 3.63) is 41.7 Å². The average Bonchev–Trinajstić information content (AvgIpc) is 3.10. The first-order valence-corrected chi connectivity index (χ1v) is 8.65. The van der Waals surface area contributed by atoms with E-state index >= 15 is 0 Å². The van der Waals surface area contributed by atoms with Crippen LogP contribution >= 0.6 is 0 Å². The molecule has 1 heterocycles. The number of carbonyl (C=O) groups is 1. The molecule has 1 aliphatic rings. The quantitative estimate of drug-likeness (QED) is 0.851. The second kappa shape index (κ2) is 8.42. The van der Waals surface area contributed by atoms with Gasteiger partial charge >= 0.3 is 6.03 Å². The molecule has 2 aromatic rings. The zero-order valence-corrected chi connectivity index (χ0v) is 13.8. The number of nitrogens with one attached hydrogen (secondary N) is 2. The third kappa shape index (κ3) is 4.53. The summed E-state index contributed by atoms with van der Waals surface area (Å²) in [6.07, 6.45) is 6.77. The van der Waals surface area contributed by atoms with E-state index in [0.717, 1.165) is 25.1 Å². The Morgan fingerprint density at radius 2 is 1.92 bits per heavy atom. The van der Waals surface area contributed by atoms with E-state index < -0.39 is 0 Å². The zero-order valence-electron chi connectivity index (χ0n) is 13.8. The Hall–Kier alpha value is -2.44. The lowest BCUT2D eigenvalue weighted by molar-refractivity contribution is 0.239. The number of hydrogen-bond donors (Lipinski definition) is 2. The molecule has 7 heteroatoms. The minimum Gasteiger partial charge on any atom is -0.338 e. The van der Waals surface area contributed by atoms with Crippen molar-refractivity contribution in [1.29, 1.82) is 0 Å². The van der Waals surface area contributed by atoms with E-state index in [9.17, 15) is 4.79 Å². The Labute approximate surface area is 141 Å². The number of urea groups is 1. The van der Waals surface area contributed by atoms with E-state index in [-0.39, 0.29) is 6.03 Å². The minimum absolute atomic E-state index is 0.191. The summed E-state index contributed by atoms with van der Waals surface area (Å²) in [5, 5.41) is 17.6. The van der Waals surface area contributed by atoms with E-state index in [0.29, 0.717) is 19.1 Å². The number of amides is 2. The molecule has 1 aliphatic carbocycles. The van der Waals surface area contributed by atoms with Gasteiger partial charge in [-0.25, -0.2) is 9.48 Å². The molecule has 0 spiro atoms. The zero-order chi connectivity index (χ0) is 16.6. The molecule has 1 saturated carbocycles. The molecule has 0 saturated heterocycles. The molecule has 0 unspecified atom stereocenters.